The SMILES string of the molecule is Cc1nc(C)c(C(=O)N2[C@@H]3CC[C@H]2Cc2nnc(-c4ccccc4)n2C3)s1. The van der Waals surface area contributed by atoms with E-state index in [0.717, 1.165) is 58.6 Å². The molecule has 3 aromatic rings. The molecule has 0 N–H and O–H groups in total. The van der Waals surface area contributed by atoms with E-state index in [0.29, 0.717) is 0 Å². The Morgan fingerprint density at radius 3 is 2.63 bits per heavy atom. The van der Waals surface area contributed by atoms with Gasteiger partial charge in [0.2, 0.25) is 0 Å². The van der Waals surface area contributed by atoms with Gasteiger partial charge in [-0.2, -0.15) is 0 Å². The summed E-state index contributed by atoms with van der Waals surface area (Å²) in [5, 5.41) is 9.86. The molecule has 1 aromatic carbocycles. The molecule has 2 aliphatic rings. The van der Waals surface area contributed by atoms with E-state index in [9.17, 15) is 4.79 Å². The fourth-order valence-corrected chi connectivity index (χ4v) is 5.28. The third-order valence-corrected chi connectivity index (χ3v) is 6.68. The predicted molar refractivity (Wildman–Crippen MR) is 104 cm³/mol. The van der Waals surface area contributed by atoms with Crippen LogP contribution < -0.4 is 0 Å². The fraction of sp³-hybridized carbons (Fsp3) is 0.400. The summed E-state index contributed by atoms with van der Waals surface area (Å²) in [6, 6.07) is 10.5. The van der Waals surface area contributed by atoms with E-state index in [2.05, 4.69) is 36.8 Å². The molecule has 1 saturated heterocycles. The third kappa shape index (κ3) is 2.68. The second-order valence-electron chi connectivity index (χ2n) is 7.37. The minimum Gasteiger partial charge on any atom is -0.330 e. The Labute approximate surface area is 161 Å². The topological polar surface area (TPSA) is 63.9 Å². The summed E-state index contributed by atoms with van der Waals surface area (Å²) in [5.74, 6) is 2.01. The van der Waals surface area contributed by atoms with Crippen molar-refractivity contribution in [2.24, 2.45) is 0 Å². The first-order chi connectivity index (χ1) is 13.1. The first-order valence-corrected chi connectivity index (χ1v) is 10.2. The molecular weight excluding hydrogens is 358 g/mol. The standard InChI is InChI=1S/C20H21N5OS/c1-12-18(27-13(2)21-12)20(26)25-15-8-9-16(25)11-24-17(10-15)22-23-19(24)14-6-4-3-5-7-14/h3-7,15-16H,8-11H2,1-2H3/t15-,16+/m0/s1. The molecular formula is C20H21N5OS. The summed E-state index contributed by atoms with van der Waals surface area (Å²) in [6.07, 6.45) is 2.82. The summed E-state index contributed by atoms with van der Waals surface area (Å²) in [7, 11) is 0. The zero-order valence-electron chi connectivity index (χ0n) is 15.4. The Morgan fingerprint density at radius 1 is 1.11 bits per heavy atom. The molecule has 1 fully saturated rings. The number of nitrogens with zero attached hydrogens (tertiary/aromatic N) is 5. The molecule has 0 spiro atoms. The van der Waals surface area contributed by atoms with Gasteiger partial charge >= 0.3 is 0 Å². The molecule has 1 amide bonds. The first-order valence-electron chi connectivity index (χ1n) is 9.36. The van der Waals surface area contributed by atoms with Gasteiger partial charge in [0, 0.05) is 24.6 Å². The van der Waals surface area contributed by atoms with Gasteiger partial charge in [-0.25, -0.2) is 4.98 Å². The van der Waals surface area contributed by atoms with Crippen LogP contribution in [0.3, 0.4) is 0 Å². The number of aromatic nitrogens is 4. The lowest BCUT2D eigenvalue weighted by molar-refractivity contribution is 0.0670. The molecule has 2 aliphatic heterocycles. The van der Waals surface area contributed by atoms with E-state index in [1.165, 1.54) is 11.3 Å². The Kier molecular flexibility index (Phi) is 3.86. The molecule has 0 unspecified atom stereocenters. The lowest BCUT2D eigenvalue weighted by Gasteiger charge is -2.27. The maximum atomic E-state index is 13.3. The average Bonchev–Trinajstić information content (AvgIpc) is 3.30. The molecule has 2 atom stereocenters. The van der Waals surface area contributed by atoms with Gasteiger partial charge in [-0.15, -0.1) is 21.5 Å². The molecule has 0 aliphatic carbocycles. The summed E-state index contributed by atoms with van der Waals surface area (Å²) >= 11 is 1.50. The molecule has 0 radical (unpaired) electrons. The first kappa shape index (κ1) is 16.6. The van der Waals surface area contributed by atoms with E-state index < -0.39 is 0 Å². The van der Waals surface area contributed by atoms with Gasteiger partial charge in [0.05, 0.1) is 16.7 Å². The van der Waals surface area contributed by atoms with Crippen molar-refractivity contribution in [1.82, 2.24) is 24.6 Å². The molecule has 0 saturated carbocycles. The van der Waals surface area contributed by atoms with Crippen molar-refractivity contribution in [3.05, 3.63) is 51.7 Å². The van der Waals surface area contributed by atoms with Crippen LogP contribution in [0, 0.1) is 13.8 Å². The molecule has 2 aromatic heterocycles. The van der Waals surface area contributed by atoms with Gasteiger partial charge in [-0.3, -0.25) is 4.79 Å². The van der Waals surface area contributed by atoms with Crippen molar-refractivity contribution in [3.63, 3.8) is 0 Å². The Balaban J connectivity index is 1.50. The largest absolute Gasteiger partial charge is 0.330 e. The highest BCUT2D eigenvalue weighted by Crippen LogP contribution is 2.35. The Hall–Kier alpha value is -2.54. The van der Waals surface area contributed by atoms with Crippen LogP contribution in [0.2, 0.25) is 0 Å². The quantitative estimate of drug-likeness (QED) is 0.686. The minimum absolute atomic E-state index is 0.130. The monoisotopic (exact) mass is 379 g/mol. The van der Waals surface area contributed by atoms with Crippen molar-refractivity contribution in [3.8, 4) is 11.4 Å². The number of carbonyl (C=O) groups is 1. The lowest BCUT2D eigenvalue weighted by atomic mass is 10.1. The highest BCUT2D eigenvalue weighted by molar-refractivity contribution is 7.13. The maximum Gasteiger partial charge on any atom is 0.266 e. The summed E-state index contributed by atoms with van der Waals surface area (Å²) < 4.78 is 2.21. The molecule has 7 heteroatoms. The van der Waals surface area contributed by atoms with E-state index in [1.807, 2.05) is 32.0 Å². The van der Waals surface area contributed by atoms with Crippen molar-refractivity contribution < 1.29 is 4.79 Å². The number of rotatable bonds is 2. The normalized spacial score (nSPS) is 21.2. The van der Waals surface area contributed by atoms with E-state index in [4.69, 9.17) is 0 Å². The summed E-state index contributed by atoms with van der Waals surface area (Å²) in [4.78, 5) is 20.7. The van der Waals surface area contributed by atoms with E-state index >= 15 is 0 Å². The zero-order valence-corrected chi connectivity index (χ0v) is 16.2. The number of thiazole rings is 1. The van der Waals surface area contributed by atoms with Crippen LogP contribution in [0.15, 0.2) is 30.3 Å². The van der Waals surface area contributed by atoms with Crippen molar-refractivity contribution in [2.75, 3.05) is 0 Å². The molecule has 5 rings (SSSR count). The second kappa shape index (κ2) is 6.27. The summed E-state index contributed by atoms with van der Waals surface area (Å²) in [5.41, 5.74) is 1.91. The van der Waals surface area contributed by atoms with Gasteiger partial charge in [-0.1, -0.05) is 30.3 Å². The van der Waals surface area contributed by atoms with Crippen molar-refractivity contribution in [2.45, 2.75) is 51.7 Å². The molecule has 2 bridgehead atoms. The van der Waals surface area contributed by atoms with Crippen LogP contribution in [0.4, 0.5) is 0 Å². The third-order valence-electron chi connectivity index (χ3n) is 5.62. The van der Waals surface area contributed by atoms with Crippen LogP contribution in [0.25, 0.3) is 11.4 Å². The van der Waals surface area contributed by atoms with Gasteiger partial charge < -0.3 is 9.47 Å². The molecule has 6 nitrogen and oxygen atoms in total. The highest BCUT2D eigenvalue weighted by Gasteiger charge is 2.42. The number of fused-ring (bicyclic) bond motifs is 3. The van der Waals surface area contributed by atoms with E-state index in [1.54, 1.807) is 0 Å². The van der Waals surface area contributed by atoms with Crippen molar-refractivity contribution >= 4 is 17.2 Å². The number of hydrogen-bond acceptors (Lipinski definition) is 5. The highest BCUT2D eigenvalue weighted by atomic mass is 32.1. The molecule has 138 valence electrons. The van der Waals surface area contributed by atoms with Crippen LogP contribution in [0.5, 0.6) is 0 Å². The number of benzene rings is 1. The molecule has 27 heavy (non-hydrogen) atoms. The van der Waals surface area contributed by atoms with Crippen LogP contribution in [0.1, 0.15) is 39.0 Å². The molecule has 4 heterocycles. The number of carbonyl (C=O) groups excluding carboxylic acids is 1. The van der Waals surface area contributed by atoms with Gasteiger partial charge in [0.25, 0.3) is 5.91 Å². The summed E-state index contributed by atoms with van der Waals surface area (Å²) in [6.45, 7) is 4.64. The average molecular weight is 379 g/mol. The lowest BCUT2D eigenvalue weighted by Crippen LogP contribution is -2.42. The number of hydrogen-bond donors (Lipinski definition) is 0. The van der Waals surface area contributed by atoms with Gasteiger partial charge in [0.1, 0.15) is 10.7 Å². The van der Waals surface area contributed by atoms with Gasteiger partial charge in [-0.05, 0) is 26.7 Å². The Bertz CT molecular complexity index is 1010. The number of aryl methyl sites for hydroxylation is 2. The maximum absolute atomic E-state index is 13.3. The van der Waals surface area contributed by atoms with Crippen molar-refractivity contribution in [1.29, 1.82) is 0 Å². The van der Waals surface area contributed by atoms with E-state index in [-0.39, 0.29) is 18.0 Å². The predicted octanol–water partition coefficient (Wildman–Crippen LogP) is 3.25. The fourth-order valence-electron chi connectivity index (χ4n) is 4.42. The van der Waals surface area contributed by atoms with Crippen LogP contribution in [-0.2, 0) is 13.0 Å². The van der Waals surface area contributed by atoms with Crippen LogP contribution in [-0.4, -0.2) is 42.6 Å². The van der Waals surface area contributed by atoms with Gasteiger partial charge in [0.15, 0.2) is 5.82 Å². The van der Waals surface area contributed by atoms with Crippen LogP contribution >= 0.6 is 11.3 Å². The Morgan fingerprint density at radius 2 is 1.89 bits per heavy atom. The zero-order chi connectivity index (χ0) is 18.5. The minimum atomic E-state index is 0.130. The second-order valence-corrected chi connectivity index (χ2v) is 8.57. The number of amides is 1. The smallest absolute Gasteiger partial charge is 0.266 e.